The average Bonchev–Trinajstić information content (AvgIpc) is 2.28. The molecule has 9 heteroatoms. The molecule has 1 rings (SSSR count). The van der Waals surface area contributed by atoms with Crippen molar-refractivity contribution in [2.24, 2.45) is 0 Å². The highest BCUT2D eigenvalue weighted by Crippen LogP contribution is 2.15. The predicted octanol–water partition coefficient (Wildman–Crippen LogP) is 0.246. The van der Waals surface area contributed by atoms with Gasteiger partial charge in [-0.3, -0.25) is 14.9 Å². The maximum atomic E-state index is 11.9. The minimum Gasteiger partial charge on any atom is -0.340 e. The number of aromatic nitrogens is 1. The minimum absolute atomic E-state index is 0.305. The fourth-order valence-electron chi connectivity index (χ4n) is 1.19. The third-order valence-corrected chi connectivity index (χ3v) is 3.97. The molecule has 1 amide bonds. The second-order valence-corrected chi connectivity index (χ2v) is 5.71. The third-order valence-electron chi connectivity index (χ3n) is 2.10. The number of nitrogens with one attached hydrogen (secondary N) is 1. The number of rotatable bonds is 4. The van der Waals surface area contributed by atoms with Crippen molar-refractivity contribution in [1.82, 2.24) is 10.3 Å². The van der Waals surface area contributed by atoms with E-state index in [1.165, 1.54) is 13.8 Å². The second-order valence-electron chi connectivity index (χ2n) is 3.50. The van der Waals surface area contributed by atoms with Crippen molar-refractivity contribution in [2.45, 2.75) is 24.2 Å². The number of pyridine rings is 1. The molecule has 0 radical (unpaired) electrons. The van der Waals surface area contributed by atoms with E-state index >= 15 is 0 Å². The maximum absolute atomic E-state index is 11.9. The molecule has 98 valence electrons. The summed E-state index contributed by atoms with van der Waals surface area (Å²) in [6.45, 7) is 2.48. The molecule has 0 aliphatic carbocycles. The summed E-state index contributed by atoms with van der Waals surface area (Å²) in [7, 11) is -3.84. The van der Waals surface area contributed by atoms with Crippen molar-refractivity contribution in [2.75, 3.05) is 0 Å². The SMILES string of the molecule is CC(=O)NC(C)S(=O)(=O)c1ccc([N+](=O)[O-])cn1. The van der Waals surface area contributed by atoms with Crippen LogP contribution in [0.4, 0.5) is 5.69 Å². The Morgan fingerprint density at radius 2 is 2.11 bits per heavy atom. The summed E-state index contributed by atoms with van der Waals surface area (Å²) in [5, 5.41) is 11.1. The van der Waals surface area contributed by atoms with Gasteiger partial charge >= 0.3 is 0 Å². The molecule has 8 nitrogen and oxygen atoms in total. The molecule has 1 aromatic rings. The van der Waals surface area contributed by atoms with Crippen molar-refractivity contribution >= 4 is 21.4 Å². The minimum atomic E-state index is -3.84. The zero-order valence-electron chi connectivity index (χ0n) is 9.65. The Hall–Kier alpha value is -2.03. The van der Waals surface area contributed by atoms with Gasteiger partial charge in [-0.15, -0.1) is 0 Å². The lowest BCUT2D eigenvalue weighted by molar-refractivity contribution is -0.385. The Bertz CT molecular complexity index is 566. The van der Waals surface area contributed by atoms with Gasteiger partial charge in [-0.05, 0) is 13.0 Å². The van der Waals surface area contributed by atoms with Gasteiger partial charge in [0.05, 0.1) is 4.92 Å². The molecule has 0 aliphatic heterocycles. The van der Waals surface area contributed by atoms with Gasteiger partial charge < -0.3 is 5.32 Å². The largest absolute Gasteiger partial charge is 0.340 e. The molecule has 1 unspecified atom stereocenters. The summed E-state index contributed by atoms with van der Waals surface area (Å²) in [5.74, 6) is -0.493. The van der Waals surface area contributed by atoms with E-state index in [-0.39, 0.29) is 10.7 Å². The molecule has 0 aromatic carbocycles. The number of hydrogen-bond donors (Lipinski definition) is 1. The molecule has 0 fully saturated rings. The summed E-state index contributed by atoms with van der Waals surface area (Å²) in [5.41, 5.74) is -0.305. The number of carbonyl (C=O) groups excluding carboxylic acids is 1. The second kappa shape index (κ2) is 5.08. The van der Waals surface area contributed by atoms with Crippen molar-refractivity contribution in [3.63, 3.8) is 0 Å². The summed E-state index contributed by atoms with van der Waals surface area (Å²) >= 11 is 0. The van der Waals surface area contributed by atoms with Gasteiger partial charge in [-0.1, -0.05) is 0 Å². The summed E-state index contributed by atoms with van der Waals surface area (Å²) in [6, 6.07) is 2.08. The van der Waals surface area contributed by atoms with Crippen molar-refractivity contribution in [1.29, 1.82) is 0 Å². The van der Waals surface area contributed by atoms with Crippen molar-refractivity contribution in [3.8, 4) is 0 Å². The van der Waals surface area contributed by atoms with E-state index in [4.69, 9.17) is 0 Å². The van der Waals surface area contributed by atoms with E-state index < -0.39 is 26.0 Å². The number of amides is 1. The van der Waals surface area contributed by atoms with E-state index in [0.717, 1.165) is 18.3 Å². The van der Waals surface area contributed by atoms with Gasteiger partial charge in [0, 0.05) is 13.0 Å². The Labute approximate surface area is 103 Å². The van der Waals surface area contributed by atoms with Gasteiger partial charge in [0.15, 0.2) is 5.03 Å². The van der Waals surface area contributed by atoms with Crippen LogP contribution in [-0.4, -0.2) is 29.6 Å². The quantitative estimate of drug-likeness (QED) is 0.620. The van der Waals surface area contributed by atoms with Crippen LogP contribution in [0.5, 0.6) is 0 Å². The molecule has 0 saturated heterocycles. The van der Waals surface area contributed by atoms with E-state index in [2.05, 4.69) is 10.3 Å². The standard InChI is InChI=1S/C9H11N3O5S/c1-6(13)11-7(2)18(16,17)9-4-3-8(5-10-9)12(14)15/h3-5,7H,1-2H3,(H,11,13). The first-order valence-corrected chi connectivity index (χ1v) is 6.41. The topological polar surface area (TPSA) is 119 Å². The van der Waals surface area contributed by atoms with Crippen LogP contribution in [0.15, 0.2) is 23.4 Å². The molecule has 0 saturated carbocycles. The Morgan fingerprint density at radius 1 is 1.50 bits per heavy atom. The molecule has 0 bridgehead atoms. The number of nitro groups is 1. The normalized spacial score (nSPS) is 12.8. The number of carbonyl (C=O) groups is 1. The number of nitrogens with zero attached hydrogens (tertiary/aromatic N) is 2. The maximum Gasteiger partial charge on any atom is 0.287 e. The van der Waals surface area contributed by atoms with Gasteiger partial charge in [0.25, 0.3) is 5.69 Å². The van der Waals surface area contributed by atoms with E-state index in [9.17, 15) is 23.3 Å². The van der Waals surface area contributed by atoms with Crippen molar-refractivity contribution < 1.29 is 18.1 Å². The Kier molecular flexibility index (Phi) is 3.96. The highest BCUT2D eigenvalue weighted by atomic mass is 32.2. The predicted molar refractivity (Wildman–Crippen MR) is 61.4 cm³/mol. The Morgan fingerprint density at radius 3 is 2.50 bits per heavy atom. The molecular weight excluding hydrogens is 262 g/mol. The van der Waals surface area contributed by atoms with Crippen molar-refractivity contribution in [3.05, 3.63) is 28.4 Å². The lowest BCUT2D eigenvalue weighted by Crippen LogP contribution is -2.37. The molecule has 0 aliphatic rings. The lowest BCUT2D eigenvalue weighted by atomic mass is 10.4. The van der Waals surface area contributed by atoms with Crippen LogP contribution in [0.1, 0.15) is 13.8 Å². The molecule has 1 atom stereocenters. The number of sulfone groups is 1. The third kappa shape index (κ3) is 3.00. The number of hydrogen-bond acceptors (Lipinski definition) is 6. The first-order chi connectivity index (χ1) is 8.25. The van der Waals surface area contributed by atoms with Crippen LogP contribution < -0.4 is 5.32 Å². The van der Waals surface area contributed by atoms with E-state index in [1.54, 1.807) is 0 Å². The van der Waals surface area contributed by atoms with E-state index in [1.807, 2.05) is 0 Å². The van der Waals surface area contributed by atoms with Gasteiger partial charge in [-0.2, -0.15) is 0 Å². The van der Waals surface area contributed by atoms with Crippen LogP contribution in [0, 0.1) is 10.1 Å². The molecule has 18 heavy (non-hydrogen) atoms. The highest BCUT2D eigenvalue weighted by molar-refractivity contribution is 7.91. The fraction of sp³-hybridized carbons (Fsp3) is 0.333. The van der Waals surface area contributed by atoms with Crippen LogP contribution in [0.3, 0.4) is 0 Å². The average molecular weight is 273 g/mol. The zero-order valence-corrected chi connectivity index (χ0v) is 10.5. The fourth-order valence-corrected chi connectivity index (χ4v) is 2.33. The molecule has 0 spiro atoms. The summed E-state index contributed by atoms with van der Waals surface area (Å²) < 4.78 is 23.8. The van der Waals surface area contributed by atoms with Crippen LogP contribution in [0.25, 0.3) is 0 Å². The summed E-state index contributed by atoms with van der Waals surface area (Å²) in [6.07, 6.45) is 0.855. The highest BCUT2D eigenvalue weighted by Gasteiger charge is 2.25. The molecular formula is C9H11N3O5S. The smallest absolute Gasteiger partial charge is 0.287 e. The summed E-state index contributed by atoms with van der Waals surface area (Å²) in [4.78, 5) is 24.0. The molecule has 1 heterocycles. The first-order valence-electron chi connectivity index (χ1n) is 4.86. The molecule has 1 aromatic heterocycles. The zero-order chi connectivity index (χ0) is 13.9. The first kappa shape index (κ1) is 14.0. The van der Waals surface area contributed by atoms with E-state index in [0.29, 0.717) is 0 Å². The van der Waals surface area contributed by atoms with Crippen LogP contribution in [0.2, 0.25) is 0 Å². The monoisotopic (exact) mass is 273 g/mol. The molecule has 1 N–H and O–H groups in total. The van der Waals surface area contributed by atoms with Crippen LogP contribution >= 0.6 is 0 Å². The Balaban J connectivity index is 3.05. The lowest BCUT2D eigenvalue weighted by Gasteiger charge is -2.12. The van der Waals surface area contributed by atoms with Gasteiger partial charge in [-0.25, -0.2) is 13.4 Å². The van der Waals surface area contributed by atoms with Gasteiger partial charge in [0.1, 0.15) is 11.6 Å². The van der Waals surface area contributed by atoms with Crippen LogP contribution in [-0.2, 0) is 14.6 Å². The van der Waals surface area contributed by atoms with Gasteiger partial charge in [0.2, 0.25) is 15.7 Å².